The summed E-state index contributed by atoms with van der Waals surface area (Å²) in [4.78, 5) is 26.1. The number of hydrogen-bond donors (Lipinski definition) is 1. The van der Waals surface area contributed by atoms with Gasteiger partial charge in [0, 0.05) is 6.04 Å². The molecule has 43 heavy (non-hydrogen) atoms. The van der Waals surface area contributed by atoms with Crippen LogP contribution in [0.4, 0.5) is 0 Å². The standard InChI is InChI=1S/C38H55NO4/c1-23-26(34(40)42-22-24-9-6-5-7-10-24)21-27(23)35(41)43-31-16-20-38(4)30(33(31)39)15-19-37(3)29-14-18-36(2)17-8-11-28(36)25(29)12-13-32(37)38/h5-7,9-10,23,25-33H,8,11-22,39H2,1-4H3. The first-order valence-corrected chi connectivity index (χ1v) is 17.7. The number of esters is 2. The van der Waals surface area contributed by atoms with Crippen LogP contribution in [-0.2, 0) is 25.7 Å². The molecule has 1 aromatic carbocycles. The quantitative estimate of drug-likeness (QED) is 0.356. The summed E-state index contributed by atoms with van der Waals surface area (Å²) in [5, 5.41) is 0. The summed E-state index contributed by atoms with van der Waals surface area (Å²) in [6, 6.07) is 9.64. The van der Waals surface area contributed by atoms with E-state index in [0.29, 0.717) is 23.2 Å². The summed E-state index contributed by atoms with van der Waals surface area (Å²) in [5.74, 6) is 2.97. The molecule has 0 radical (unpaired) electrons. The average Bonchev–Trinajstić information content (AvgIpc) is 3.39. The minimum absolute atomic E-state index is 0.0661. The Bertz CT molecular complexity index is 1220. The highest BCUT2D eigenvalue weighted by atomic mass is 16.5. The van der Waals surface area contributed by atoms with Gasteiger partial charge in [0.15, 0.2) is 0 Å². The van der Waals surface area contributed by atoms with Gasteiger partial charge in [0.1, 0.15) is 12.7 Å². The van der Waals surface area contributed by atoms with Gasteiger partial charge in [0.05, 0.1) is 11.8 Å². The summed E-state index contributed by atoms with van der Waals surface area (Å²) >= 11 is 0. The number of rotatable bonds is 5. The second-order valence-electron chi connectivity index (χ2n) is 16.7. The van der Waals surface area contributed by atoms with Crippen LogP contribution < -0.4 is 5.73 Å². The SMILES string of the molecule is CC1C(C(=O)OCc2ccccc2)CC1C(=O)OC1CCC2(C)C(CCC3(C)C4CCC5(C)CCCC5C4CCC23)C1N. The van der Waals surface area contributed by atoms with E-state index in [0.717, 1.165) is 42.1 Å². The van der Waals surface area contributed by atoms with Gasteiger partial charge >= 0.3 is 11.9 Å². The van der Waals surface area contributed by atoms with Crippen molar-refractivity contribution in [1.82, 2.24) is 0 Å². The Kier molecular flexibility index (Phi) is 7.54. The van der Waals surface area contributed by atoms with Crippen LogP contribution >= 0.6 is 0 Å². The molecule has 0 amide bonds. The molecule has 0 bridgehead atoms. The zero-order chi connectivity index (χ0) is 30.1. The fourth-order valence-electron chi connectivity index (χ4n) is 12.5. The Hall–Kier alpha value is -1.88. The van der Waals surface area contributed by atoms with Gasteiger partial charge in [0.25, 0.3) is 0 Å². The van der Waals surface area contributed by atoms with Gasteiger partial charge in [-0.25, -0.2) is 0 Å². The van der Waals surface area contributed by atoms with Crippen LogP contribution in [0.1, 0.15) is 110 Å². The van der Waals surface area contributed by atoms with E-state index in [2.05, 4.69) is 20.8 Å². The van der Waals surface area contributed by atoms with Crippen LogP contribution in [-0.4, -0.2) is 24.1 Å². The first kappa shape index (κ1) is 29.8. The van der Waals surface area contributed by atoms with E-state index < -0.39 is 0 Å². The molecule has 6 aliphatic carbocycles. The van der Waals surface area contributed by atoms with Crippen molar-refractivity contribution < 1.29 is 19.1 Å². The van der Waals surface area contributed by atoms with Crippen LogP contribution in [0.25, 0.3) is 0 Å². The molecule has 1 aromatic rings. The third-order valence-electron chi connectivity index (χ3n) is 15.0. The highest BCUT2D eigenvalue weighted by Gasteiger charge is 2.64. The number of hydrogen-bond acceptors (Lipinski definition) is 5. The van der Waals surface area contributed by atoms with Crippen LogP contribution in [0, 0.1) is 63.6 Å². The van der Waals surface area contributed by atoms with Gasteiger partial charge in [-0.3, -0.25) is 9.59 Å². The monoisotopic (exact) mass is 589 g/mol. The highest BCUT2D eigenvalue weighted by Crippen LogP contribution is 2.71. The molecule has 0 heterocycles. The van der Waals surface area contributed by atoms with E-state index in [1.54, 1.807) is 0 Å². The molecule has 13 unspecified atom stereocenters. The largest absolute Gasteiger partial charge is 0.461 e. The zero-order valence-corrected chi connectivity index (χ0v) is 27.1. The van der Waals surface area contributed by atoms with Crippen molar-refractivity contribution in [3.63, 3.8) is 0 Å². The van der Waals surface area contributed by atoms with E-state index in [1.807, 2.05) is 37.3 Å². The third-order valence-corrected chi connectivity index (χ3v) is 15.0. The van der Waals surface area contributed by atoms with Gasteiger partial charge in [-0.05, 0) is 128 Å². The minimum atomic E-state index is -0.243. The Morgan fingerprint density at radius 1 is 0.814 bits per heavy atom. The number of benzene rings is 1. The topological polar surface area (TPSA) is 78.6 Å². The second-order valence-corrected chi connectivity index (χ2v) is 16.7. The van der Waals surface area contributed by atoms with Crippen molar-refractivity contribution in [3.8, 4) is 0 Å². The van der Waals surface area contributed by atoms with Crippen LogP contribution in [0.5, 0.6) is 0 Å². The Labute approximate surface area is 259 Å². The van der Waals surface area contributed by atoms with Gasteiger partial charge in [-0.2, -0.15) is 0 Å². The van der Waals surface area contributed by atoms with Crippen LogP contribution in [0.15, 0.2) is 30.3 Å². The van der Waals surface area contributed by atoms with Crippen molar-refractivity contribution in [2.45, 2.75) is 123 Å². The summed E-state index contributed by atoms with van der Waals surface area (Å²) < 4.78 is 11.8. The van der Waals surface area contributed by atoms with Crippen LogP contribution in [0.3, 0.4) is 0 Å². The fourth-order valence-corrected chi connectivity index (χ4v) is 12.5. The molecule has 0 aliphatic heterocycles. The predicted molar refractivity (Wildman–Crippen MR) is 167 cm³/mol. The fraction of sp³-hybridized carbons (Fsp3) is 0.789. The molecule has 5 heteroatoms. The van der Waals surface area contributed by atoms with Gasteiger partial charge in [-0.15, -0.1) is 0 Å². The lowest BCUT2D eigenvalue weighted by molar-refractivity contribution is -0.196. The molecule has 2 N–H and O–H groups in total. The van der Waals surface area contributed by atoms with Gasteiger partial charge < -0.3 is 15.2 Å². The first-order chi connectivity index (χ1) is 20.5. The lowest BCUT2D eigenvalue weighted by atomic mass is 9.38. The Morgan fingerprint density at radius 2 is 1.51 bits per heavy atom. The molecule has 0 aromatic heterocycles. The van der Waals surface area contributed by atoms with E-state index >= 15 is 0 Å². The minimum Gasteiger partial charge on any atom is -0.461 e. The van der Waals surface area contributed by atoms with E-state index in [1.165, 1.54) is 57.8 Å². The molecule has 0 saturated heterocycles. The normalized spacial score (nSPS) is 48.5. The molecule has 0 spiro atoms. The number of carbonyl (C=O) groups is 2. The number of carbonyl (C=O) groups excluding carboxylic acids is 2. The first-order valence-electron chi connectivity index (χ1n) is 17.7. The van der Waals surface area contributed by atoms with Crippen LogP contribution in [0.2, 0.25) is 0 Å². The number of fused-ring (bicyclic) bond motifs is 7. The number of nitrogens with two attached hydrogens (primary N) is 1. The zero-order valence-electron chi connectivity index (χ0n) is 27.1. The molecule has 6 fully saturated rings. The van der Waals surface area contributed by atoms with E-state index in [9.17, 15) is 9.59 Å². The Balaban J connectivity index is 0.962. The predicted octanol–water partition coefficient (Wildman–Crippen LogP) is 7.70. The molecule has 7 rings (SSSR count). The summed E-state index contributed by atoms with van der Waals surface area (Å²) in [6.07, 6.45) is 14.7. The van der Waals surface area contributed by atoms with Crippen molar-refractivity contribution in [3.05, 3.63) is 35.9 Å². The van der Waals surface area contributed by atoms with Crippen molar-refractivity contribution in [2.75, 3.05) is 0 Å². The van der Waals surface area contributed by atoms with E-state index in [-0.39, 0.29) is 53.9 Å². The molecular weight excluding hydrogens is 534 g/mol. The van der Waals surface area contributed by atoms with Crippen molar-refractivity contribution in [2.24, 2.45) is 69.3 Å². The smallest absolute Gasteiger partial charge is 0.309 e. The maximum absolute atomic E-state index is 13.4. The van der Waals surface area contributed by atoms with Crippen molar-refractivity contribution >= 4 is 11.9 Å². The molecule has 5 nitrogen and oxygen atoms in total. The maximum Gasteiger partial charge on any atom is 0.309 e. The van der Waals surface area contributed by atoms with E-state index in [4.69, 9.17) is 15.2 Å². The maximum atomic E-state index is 13.4. The Morgan fingerprint density at radius 3 is 2.28 bits per heavy atom. The number of ether oxygens (including phenoxy) is 2. The molecule has 13 atom stereocenters. The summed E-state index contributed by atoms with van der Waals surface area (Å²) in [5.41, 5.74) is 9.30. The molecular formula is C38H55NO4. The average molecular weight is 590 g/mol. The van der Waals surface area contributed by atoms with Gasteiger partial charge in [0.2, 0.25) is 0 Å². The highest BCUT2D eigenvalue weighted by molar-refractivity contribution is 5.81. The molecule has 6 aliphatic rings. The summed E-state index contributed by atoms with van der Waals surface area (Å²) in [6.45, 7) is 10.1. The lowest BCUT2D eigenvalue weighted by Crippen LogP contribution is -2.64. The summed E-state index contributed by atoms with van der Waals surface area (Å²) in [7, 11) is 0. The van der Waals surface area contributed by atoms with Crippen molar-refractivity contribution in [1.29, 1.82) is 0 Å². The second kappa shape index (κ2) is 10.9. The lowest BCUT2D eigenvalue weighted by Gasteiger charge is -2.67. The third kappa shape index (κ3) is 4.72. The molecule has 6 saturated carbocycles. The molecule has 236 valence electrons. The van der Waals surface area contributed by atoms with Gasteiger partial charge in [-0.1, -0.05) is 64.4 Å².